The quantitative estimate of drug-likeness (QED) is 0.761. The van der Waals surface area contributed by atoms with Crippen LogP contribution in [0.2, 0.25) is 5.02 Å². The lowest BCUT2D eigenvalue weighted by atomic mass is 9.87. The number of amides is 1. The first kappa shape index (κ1) is 14.9. The van der Waals surface area contributed by atoms with Crippen molar-refractivity contribution in [2.75, 3.05) is 5.32 Å². The van der Waals surface area contributed by atoms with E-state index in [-0.39, 0.29) is 24.1 Å². The number of hydrogen-bond donors (Lipinski definition) is 1. The minimum atomic E-state index is -0.317. The summed E-state index contributed by atoms with van der Waals surface area (Å²) < 4.78 is 15.2. The number of nitrogens with zero attached hydrogens (tertiary/aromatic N) is 2. The number of aromatic nitrogens is 2. The number of carbonyl (C=O) groups is 1. The summed E-state index contributed by atoms with van der Waals surface area (Å²) in [6, 6.07) is 13.6. The summed E-state index contributed by atoms with van der Waals surface area (Å²) in [5, 5.41) is 7.84. The highest BCUT2D eigenvalue weighted by Gasteiger charge is 2.30. The molecule has 0 spiro atoms. The fraction of sp³-hybridized carbons (Fsp3) is 0.111. The third-order valence-corrected chi connectivity index (χ3v) is 4.36. The molecule has 0 fully saturated rings. The molecule has 2 aromatic carbocycles. The van der Waals surface area contributed by atoms with Gasteiger partial charge in [0.2, 0.25) is 5.91 Å². The number of anilines is 1. The van der Waals surface area contributed by atoms with Crippen molar-refractivity contribution in [2.24, 2.45) is 0 Å². The molecule has 0 bridgehead atoms. The van der Waals surface area contributed by atoms with Crippen molar-refractivity contribution in [3.63, 3.8) is 0 Å². The molecular formula is C18H13ClFN3O. The SMILES string of the molecule is O=C1C[C@H](c2cccc(F)c2)c2cnn(-c3cccc(Cl)c3)c2N1. The van der Waals surface area contributed by atoms with Gasteiger partial charge in [0.05, 0.1) is 11.9 Å². The number of fused-ring (bicyclic) bond motifs is 1. The monoisotopic (exact) mass is 341 g/mol. The molecule has 3 aromatic rings. The Balaban J connectivity index is 1.83. The van der Waals surface area contributed by atoms with Crippen LogP contribution in [0.4, 0.5) is 10.2 Å². The van der Waals surface area contributed by atoms with Gasteiger partial charge in [-0.2, -0.15) is 5.10 Å². The molecule has 0 aliphatic carbocycles. The van der Waals surface area contributed by atoms with Crippen molar-refractivity contribution in [3.8, 4) is 5.69 Å². The van der Waals surface area contributed by atoms with E-state index in [1.165, 1.54) is 12.1 Å². The average molecular weight is 342 g/mol. The lowest BCUT2D eigenvalue weighted by Crippen LogP contribution is -2.24. The van der Waals surface area contributed by atoms with Crippen LogP contribution >= 0.6 is 11.6 Å². The summed E-state index contributed by atoms with van der Waals surface area (Å²) in [7, 11) is 0. The van der Waals surface area contributed by atoms with Gasteiger partial charge >= 0.3 is 0 Å². The third-order valence-electron chi connectivity index (χ3n) is 4.12. The first-order chi connectivity index (χ1) is 11.6. The Morgan fingerprint density at radius 3 is 2.83 bits per heavy atom. The Kier molecular flexibility index (Phi) is 3.58. The lowest BCUT2D eigenvalue weighted by molar-refractivity contribution is -0.116. The second kappa shape index (κ2) is 5.76. The normalized spacial score (nSPS) is 16.6. The number of nitrogens with one attached hydrogen (secondary N) is 1. The summed E-state index contributed by atoms with van der Waals surface area (Å²) in [6.45, 7) is 0. The standard InChI is InChI=1S/C18H13ClFN3O/c19-12-4-2-6-14(8-12)23-18-16(10-21-23)15(9-17(24)22-18)11-3-1-5-13(20)7-11/h1-8,10,15H,9H2,(H,22,24)/t15-/m1/s1. The maximum Gasteiger partial charge on any atom is 0.226 e. The lowest BCUT2D eigenvalue weighted by Gasteiger charge is -2.23. The van der Waals surface area contributed by atoms with Gasteiger partial charge in [-0.3, -0.25) is 4.79 Å². The third kappa shape index (κ3) is 2.57. The van der Waals surface area contributed by atoms with E-state index in [0.29, 0.717) is 10.8 Å². The van der Waals surface area contributed by atoms with E-state index in [2.05, 4.69) is 10.4 Å². The molecule has 24 heavy (non-hydrogen) atoms. The highest BCUT2D eigenvalue weighted by atomic mass is 35.5. The molecule has 1 aromatic heterocycles. The van der Waals surface area contributed by atoms with E-state index >= 15 is 0 Å². The highest BCUT2D eigenvalue weighted by molar-refractivity contribution is 6.30. The molecule has 1 amide bonds. The van der Waals surface area contributed by atoms with E-state index in [0.717, 1.165) is 16.8 Å². The van der Waals surface area contributed by atoms with E-state index in [1.54, 1.807) is 29.1 Å². The maximum atomic E-state index is 13.6. The van der Waals surface area contributed by atoms with Crippen LogP contribution in [0, 0.1) is 5.82 Å². The van der Waals surface area contributed by atoms with E-state index in [1.807, 2.05) is 18.2 Å². The Hall–Kier alpha value is -2.66. The van der Waals surface area contributed by atoms with Crippen LogP contribution in [-0.4, -0.2) is 15.7 Å². The molecule has 1 atom stereocenters. The minimum Gasteiger partial charge on any atom is -0.310 e. The zero-order valence-corrected chi connectivity index (χ0v) is 13.3. The van der Waals surface area contributed by atoms with E-state index in [4.69, 9.17) is 11.6 Å². The summed E-state index contributed by atoms with van der Waals surface area (Å²) in [5.41, 5.74) is 2.38. The Morgan fingerprint density at radius 2 is 2.04 bits per heavy atom. The molecule has 0 saturated heterocycles. The topological polar surface area (TPSA) is 46.9 Å². The molecule has 0 unspecified atom stereocenters. The molecule has 4 rings (SSSR count). The smallest absolute Gasteiger partial charge is 0.226 e. The van der Waals surface area contributed by atoms with Crippen molar-refractivity contribution < 1.29 is 9.18 Å². The minimum absolute atomic E-state index is 0.125. The van der Waals surface area contributed by atoms with Gasteiger partial charge in [0.25, 0.3) is 0 Å². The molecule has 120 valence electrons. The molecule has 1 aliphatic rings. The number of rotatable bonds is 2. The molecule has 2 heterocycles. The number of hydrogen-bond acceptors (Lipinski definition) is 2. The molecule has 1 aliphatic heterocycles. The van der Waals surface area contributed by atoms with Crippen molar-refractivity contribution in [1.82, 2.24) is 9.78 Å². The van der Waals surface area contributed by atoms with Gasteiger partial charge in [-0.25, -0.2) is 9.07 Å². The zero-order valence-electron chi connectivity index (χ0n) is 12.5. The van der Waals surface area contributed by atoms with Gasteiger partial charge in [-0.15, -0.1) is 0 Å². The van der Waals surface area contributed by atoms with Crippen molar-refractivity contribution >= 4 is 23.3 Å². The van der Waals surface area contributed by atoms with Crippen molar-refractivity contribution in [3.05, 3.63) is 76.7 Å². The summed E-state index contributed by atoms with van der Waals surface area (Å²) in [5.74, 6) is -0.0667. The first-order valence-electron chi connectivity index (χ1n) is 7.51. The summed E-state index contributed by atoms with van der Waals surface area (Å²) in [4.78, 5) is 12.2. The largest absolute Gasteiger partial charge is 0.310 e. The number of halogens is 2. The van der Waals surface area contributed by atoms with E-state index in [9.17, 15) is 9.18 Å². The van der Waals surface area contributed by atoms with Crippen molar-refractivity contribution in [2.45, 2.75) is 12.3 Å². The van der Waals surface area contributed by atoms with Gasteiger partial charge < -0.3 is 5.32 Å². The molecule has 4 nitrogen and oxygen atoms in total. The maximum absolute atomic E-state index is 13.6. The van der Waals surface area contributed by atoms with E-state index < -0.39 is 0 Å². The predicted molar refractivity (Wildman–Crippen MR) is 90.1 cm³/mol. The highest BCUT2D eigenvalue weighted by Crippen LogP contribution is 2.38. The Morgan fingerprint density at radius 1 is 1.21 bits per heavy atom. The second-order valence-electron chi connectivity index (χ2n) is 5.70. The zero-order chi connectivity index (χ0) is 16.7. The van der Waals surface area contributed by atoms with Crippen LogP contribution in [0.3, 0.4) is 0 Å². The van der Waals surface area contributed by atoms with Crippen LogP contribution < -0.4 is 5.32 Å². The molecule has 1 N–H and O–H groups in total. The molecule has 6 heteroatoms. The fourth-order valence-electron chi connectivity index (χ4n) is 3.04. The van der Waals surface area contributed by atoms with Crippen LogP contribution in [0.1, 0.15) is 23.5 Å². The van der Waals surface area contributed by atoms with Crippen molar-refractivity contribution in [1.29, 1.82) is 0 Å². The number of benzene rings is 2. The fourth-order valence-corrected chi connectivity index (χ4v) is 3.23. The van der Waals surface area contributed by atoms with Crippen LogP contribution in [0.5, 0.6) is 0 Å². The van der Waals surface area contributed by atoms with Gasteiger partial charge in [0.1, 0.15) is 11.6 Å². The van der Waals surface area contributed by atoms with Crippen LogP contribution in [-0.2, 0) is 4.79 Å². The molecular weight excluding hydrogens is 329 g/mol. The summed E-state index contributed by atoms with van der Waals surface area (Å²) >= 11 is 6.05. The van der Waals surface area contributed by atoms with Crippen LogP contribution in [0.25, 0.3) is 5.69 Å². The first-order valence-corrected chi connectivity index (χ1v) is 7.89. The average Bonchev–Trinajstić information content (AvgIpc) is 2.97. The summed E-state index contributed by atoms with van der Waals surface area (Å²) in [6.07, 6.45) is 1.98. The van der Waals surface area contributed by atoms with Gasteiger partial charge in [-0.1, -0.05) is 29.8 Å². The van der Waals surface area contributed by atoms with Gasteiger partial charge in [0.15, 0.2) is 0 Å². The number of carbonyl (C=O) groups excluding carboxylic acids is 1. The van der Waals surface area contributed by atoms with Gasteiger partial charge in [-0.05, 0) is 35.9 Å². The van der Waals surface area contributed by atoms with Gasteiger partial charge in [0, 0.05) is 22.9 Å². The second-order valence-corrected chi connectivity index (χ2v) is 6.14. The Bertz CT molecular complexity index is 938. The Labute approximate surface area is 142 Å². The molecule has 0 saturated carbocycles. The predicted octanol–water partition coefficient (Wildman–Crippen LogP) is 4.14. The molecule has 0 radical (unpaired) electrons. The van der Waals surface area contributed by atoms with Crippen LogP contribution in [0.15, 0.2) is 54.7 Å².